The van der Waals surface area contributed by atoms with Crippen molar-refractivity contribution in [3.8, 4) is 5.69 Å². The monoisotopic (exact) mass is 429 g/mol. The molecule has 0 atom stereocenters. The van der Waals surface area contributed by atoms with E-state index in [1.165, 1.54) is 38.7 Å². The molecule has 0 saturated heterocycles. The van der Waals surface area contributed by atoms with Crippen LogP contribution in [0.1, 0.15) is 22.3 Å². The summed E-state index contributed by atoms with van der Waals surface area (Å²) >= 11 is 0. The molecule has 0 radical (unpaired) electrons. The van der Waals surface area contributed by atoms with Crippen molar-refractivity contribution in [1.29, 1.82) is 0 Å². The summed E-state index contributed by atoms with van der Waals surface area (Å²) in [7, 11) is 0. The summed E-state index contributed by atoms with van der Waals surface area (Å²) in [5.41, 5.74) is 6.72. The molecule has 0 unspecified atom stereocenters. The Morgan fingerprint density at radius 1 is 0.885 bits per heavy atom. The summed E-state index contributed by atoms with van der Waals surface area (Å²) in [4.78, 5) is 0. The van der Waals surface area contributed by atoms with Gasteiger partial charge in [-0.1, -0.05) is 32.4 Å². The third-order valence-electron chi connectivity index (χ3n) is 4.52. The molecule has 1 heterocycles. The molecule has 3 aromatic carbocycles. The van der Waals surface area contributed by atoms with Crippen LogP contribution in [0.3, 0.4) is 0 Å². The minimum absolute atomic E-state index is 0. The molecule has 4 aromatic rings. The second-order valence-electron chi connectivity index (χ2n) is 6.22. The van der Waals surface area contributed by atoms with E-state index in [-0.39, 0.29) is 35.6 Å². The number of halogens is 2. The van der Waals surface area contributed by atoms with Crippen molar-refractivity contribution in [3.63, 3.8) is 0 Å². The van der Waals surface area contributed by atoms with E-state index in [9.17, 15) is 0 Å². The number of benzene rings is 1. The smallest absolute Gasteiger partial charge is 1.00 e. The SMILES string of the molecule is Cc1ccc(C)c2[cH-]c(-n3cccc3)cc12.Cc1ccc[c-]1C.[F-].[F-].[Zr+4]. The zero-order valence-electron chi connectivity index (χ0n) is 15.6. The molecule has 134 valence electrons. The third kappa shape index (κ3) is 5.11. The average Bonchev–Trinajstić information content (AvgIpc) is 3.25. The standard InChI is InChI=1S/C15H14N.C7H9.2FH.Zr/c1-11-5-6-12(2)15-10-13(9-14(11)15)16-7-3-4-8-16;1-6-4-3-5-7(6)2;;;/h3-10H,1-2H3;3-5H,1-2H3;2*1H;/q2*-1;;;+4/p-2. The van der Waals surface area contributed by atoms with Crippen molar-refractivity contribution < 1.29 is 35.6 Å². The number of rotatable bonds is 1. The Bertz CT molecular complexity index is 862. The van der Waals surface area contributed by atoms with Gasteiger partial charge >= 0.3 is 26.2 Å². The molecule has 4 heteroatoms. The molecule has 0 amide bonds. The number of aromatic nitrogens is 1. The van der Waals surface area contributed by atoms with Gasteiger partial charge in [-0.15, -0.1) is 34.5 Å². The van der Waals surface area contributed by atoms with E-state index in [1.807, 2.05) is 0 Å². The molecule has 26 heavy (non-hydrogen) atoms. The third-order valence-corrected chi connectivity index (χ3v) is 4.52. The van der Waals surface area contributed by atoms with Crippen LogP contribution in [0.4, 0.5) is 0 Å². The van der Waals surface area contributed by atoms with Crippen LogP contribution in [0.5, 0.6) is 0 Å². The first-order valence-corrected chi connectivity index (χ1v) is 8.05. The minimum Gasteiger partial charge on any atom is -1.00 e. The van der Waals surface area contributed by atoms with Crippen LogP contribution < -0.4 is 9.41 Å². The van der Waals surface area contributed by atoms with Gasteiger partial charge in [-0.25, -0.2) is 12.1 Å². The van der Waals surface area contributed by atoms with Gasteiger partial charge in [0.2, 0.25) is 0 Å². The van der Waals surface area contributed by atoms with Crippen LogP contribution in [0, 0.1) is 27.7 Å². The van der Waals surface area contributed by atoms with Crippen LogP contribution in [-0.4, -0.2) is 4.57 Å². The molecule has 0 fully saturated rings. The molecule has 0 aliphatic rings. The molecular weight excluding hydrogens is 407 g/mol. The van der Waals surface area contributed by atoms with E-state index >= 15 is 0 Å². The van der Waals surface area contributed by atoms with Crippen molar-refractivity contribution in [3.05, 3.63) is 89.2 Å². The summed E-state index contributed by atoms with van der Waals surface area (Å²) < 4.78 is 2.15. The normalized spacial score (nSPS) is 9.38. The fourth-order valence-electron chi connectivity index (χ4n) is 2.83. The first-order chi connectivity index (χ1) is 11.1. The fraction of sp³-hybridized carbons (Fsp3) is 0.182. The number of hydrogen-bond donors (Lipinski definition) is 0. The van der Waals surface area contributed by atoms with Gasteiger partial charge in [0.05, 0.1) is 0 Å². The van der Waals surface area contributed by atoms with Gasteiger partial charge in [-0.2, -0.15) is 17.2 Å². The summed E-state index contributed by atoms with van der Waals surface area (Å²) in [6.45, 7) is 8.58. The summed E-state index contributed by atoms with van der Waals surface area (Å²) in [6.07, 6.45) is 4.16. The number of fused-ring (bicyclic) bond motifs is 1. The molecule has 1 nitrogen and oxygen atoms in total. The topological polar surface area (TPSA) is 4.93 Å². The van der Waals surface area contributed by atoms with Gasteiger partial charge in [0.25, 0.3) is 0 Å². The molecule has 0 aliphatic heterocycles. The Morgan fingerprint density at radius 2 is 1.50 bits per heavy atom. The first-order valence-electron chi connectivity index (χ1n) is 8.05. The zero-order valence-corrected chi connectivity index (χ0v) is 18.0. The average molecular weight is 431 g/mol. The first kappa shape index (κ1) is 24.2. The van der Waals surface area contributed by atoms with Gasteiger partial charge < -0.3 is 14.0 Å². The van der Waals surface area contributed by atoms with Crippen molar-refractivity contribution in [1.82, 2.24) is 4.57 Å². The quantitative estimate of drug-likeness (QED) is 0.375. The Labute approximate surface area is 173 Å². The molecule has 0 spiro atoms. The predicted molar refractivity (Wildman–Crippen MR) is 99.9 cm³/mol. The van der Waals surface area contributed by atoms with Gasteiger partial charge in [0.1, 0.15) is 0 Å². The summed E-state index contributed by atoms with van der Waals surface area (Å²) in [5.74, 6) is 0. The Balaban J connectivity index is 0.000000542. The second-order valence-corrected chi connectivity index (χ2v) is 6.22. The van der Waals surface area contributed by atoms with E-state index in [4.69, 9.17) is 0 Å². The van der Waals surface area contributed by atoms with Crippen molar-refractivity contribution >= 4 is 10.8 Å². The van der Waals surface area contributed by atoms with Crippen molar-refractivity contribution in [2.45, 2.75) is 27.7 Å². The Kier molecular flexibility index (Phi) is 9.66. The predicted octanol–water partition coefficient (Wildman–Crippen LogP) is -0.00592. The molecule has 1 aromatic heterocycles. The second kappa shape index (κ2) is 10.4. The fourth-order valence-corrected chi connectivity index (χ4v) is 2.83. The van der Waals surface area contributed by atoms with Gasteiger partial charge in [0.15, 0.2) is 0 Å². The van der Waals surface area contributed by atoms with Gasteiger partial charge in [0, 0.05) is 12.4 Å². The van der Waals surface area contributed by atoms with E-state index in [0.29, 0.717) is 0 Å². The largest absolute Gasteiger partial charge is 4.00 e. The van der Waals surface area contributed by atoms with Gasteiger partial charge in [-0.05, 0) is 24.7 Å². The van der Waals surface area contributed by atoms with Crippen LogP contribution in [-0.2, 0) is 26.2 Å². The number of aryl methyl sites for hydroxylation is 4. The maximum Gasteiger partial charge on any atom is 4.00 e. The van der Waals surface area contributed by atoms with Crippen LogP contribution in [0.15, 0.2) is 67.0 Å². The van der Waals surface area contributed by atoms with Crippen molar-refractivity contribution in [2.75, 3.05) is 0 Å². The molecule has 0 N–H and O–H groups in total. The maximum absolute atomic E-state index is 2.26. The van der Waals surface area contributed by atoms with Crippen LogP contribution in [0.2, 0.25) is 0 Å². The van der Waals surface area contributed by atoms with E-state index in [2.05, 4.69) is 99.3 Å². The van der Waals surface area contributed by atoms with E-state index in [1.54, 1.807) is 0 Å². The van der Waals surface area contributed by atoms with Gasteiger partial charge in [-0.3, -0.25) is 0 Å². The molecule has 4 rings (SSSR count). The number of hydrogen-bond acceptors (Lipinski definition) is 0. The van der Waals surface area contributed by atoms with E-state index < -0.39 is 0 Å². The molecular formula is C22H23F2NZr. The maximum atomic E-state index is 2.26. The number of nitrogens with zero attached hydrogens (tertiary/aromatic N) is 1. The van der Waals surface area contributed by atoms with E-state index in [0.717, 1.165) is 0 Å². The molecule has 0 aliphatic carbocycles. The van der Waals surface area contributed by atoms with Crippen LogP contribution >= 0.6 is 0 Å². The van der Waals surface area contributed by atoms with Crippen LogP contribution in [0.25, 0.3) is 16.5 Å². The molecule has 0 saturated carbocycles. The summed E-state index contributed by atoms with van der Waals surface area (Å²) in [6, 6.07) is 19.3. The Hall–Kier alpha value is -1.80. The molecule has 0 bridgehead atoms. The van der Waals surface area contributed by atoms with Crippen molar-refractivity contribution in [2.24, 2.45) is 0 Å². The Morgan fingerprint density at radius 3 is 1.96 bits per heavy atom. The zero-order chi connectivity index (χ0) is 16.4. The summed E-state index contributed by atoms with van der Waals surface area (Å²) in [5, 5.41) is 2.73. The minimum atomic E-state index is 0.